The Hall–Kier alpha value is -2.52. The normalized spacial score (nSPS) is 9.86. The first-order valence-corrected chi connectivity index (χ1v) is 7.07. The van der Waals surface area contributed by atoms with E-state index in [0.29, 0.717) is 21.5 Å². The minimum Gasteiger partial charge on any atom is -0.493 e. The van der Waals surface area contributed by atoms with Crippen LogP contribution in [0.15, 0.2) is 40.9 Å². The van der Waals surface area contributed by atoms with Crippen LogP contribution in [0.1, 0.15) is 21.5 Å². The first kappa shape index (κ1) is 15.9. The second kappa shape index (κ2) is 6.96. The van der Waals surface area contributed by atoms with E-state index >= 15 is 0 Å². The Labute approximate surface area is 135 Å². The van der Waals surface area contributed by atoms with Crippen molar-refractivity contribution >= 4 is 21.9 Å². The summed E-state index contributed by atoms with van der Waals surface area (Å²) < 4.78 is 11.6. The van der Waals surface area contributed by atoms with Crippen molar-refractivity contribution in [3.63, 3.8) is 0 Å². The van der Waals surface area contributed by atoms with Gasteiger partial charge < -0.3 is 14.6 Å². The predicted molar refractivity (Wildman–Crippen MR) is 83.1 cm³/mol. The molecule has 0 saturated heterocycles. The molecule has 2 aromatic carbocycles. The van der Waals surface area contributed by atoms with Crippen molar-refractivity contribution in [2.75, 3.05) is 7.11 Å². The van der Waals surface area contributed by atoms with E-state index in [2.05, 4.69) is 15.9 Å². The molecule has 6 heteroatoms. The van der Waals surface area contributed by atoms with Gasteiger partial charge in [0.15, 0.2) is 11.5 Å². The van der Waals surface area contributed by atoms with E-state index in [1.54, 1.807) is 24.3 Å². The number of carboxylic acids is 1. The van der Waals surface area contributed by atoms with E-state index in [1.807, 2.05) is 6.07 Å². The summed E-state index contributed by atoms with van der Waals surface area (Å²) in [6.45, 7) is 0.251. The molecule has 2 aromatic rings. The van der Waals surface area contributed by atoms with Crippen molar-refractivity contribution in [2.45, 2.75) is 6.61 Å². The lowest BCUT2D eigenvalue weighted by atomic mass is 10.1. The molecule has 0 aromatic heterocycles. The number of hydrogen-bond acceptors (Lipinski definition) is 4. The standard InChI is InChI=1S/C16H12BrNO4/c1-21-14-7-11(8-18)6-13(17)15(14)22-9-10-2-4-12(5-3-10)16(19)20/h2-7H,9H2,1H3,(H,19,20). The molecule has 22 heavy (non-hydrogen) atoms. The lowest BCUT2D eigenvalue weighted by Crippen LogP contribution is -2.01. The number of ether oxygens (including phenoxy) is 2. The molecule has 0 saturated carbocycles. The van der Waals surface area contributed by atoms with Crippen LogP contribution >= 0.6 is 15.9 Å². The van der Waals surface area contributed by atoms with E-state index < -0.39 is 5.97 Å². The summed E-state index contributed by atoms with van der Waals surface area (Å²) in [5.74, 6) is -0.0270. The predicted octanol–water partition coefficient (Wildman–Crippen LogP) is 3.61. The maximum atomic E-state index is 10.8. The zero-order chi connectivity index (χ0) is 16.1. The topological polar surface area (TPSA) is 79.5 Å². The van der Waals surface area contributed by atoms with Gasteiger partial charge in [0.25, 0.3) is 0 Å². The second-order valence-corrected chi connectivity index (χ2v) is 5.25. The van der Waals surface area contributed by atoms with E-state index in [4.69, 9.17) is 19.8 Å². The van der Waals surface area contributed by atoms with Crippen LogP contribution in [0.2, 0.25) is 0 Å². The van der Waals surface area contributed by atoms with Crippen LogP contribution in [0.5, 0.6) is 11.5 Å². The molecule has 0 bridgehead atoms. The Bertz CT molecular complexity index is 735. The fraction of sp³-hybridized carbons (Fsp3) is 0.125. The molecular weight excluding hydrogens is 350 g/mol. The average molecular weight is 362 g/mol. The lowest BCUT2D eigenvalue weighted by molar-refractivity contribution is 0.0697. The highest BCUT2D eigenvalue weighted by Gasteiger charge is 2.12. The molecule has 5 nitrogen and oxygen atoms in total. The van der Waals surface area contributed by atoms with Gasteiger partial charge in [0.2, 0.25) is 0 Å². The number of nitriles is 1. The van der Waals surface area contributed by atoms with Crippen molar-refractivity contribution in [3.8, 4) is 17.6 Å². The number of methoxy groups -OCH3 is 1. The molecule has 0 atom stereocenters. The van der Waals surface area contributed by atoms with Gasteiger partial charge in [-0.2, -0.15) is 5.26 Å². The summed E-state index contributed by atoms with van der Waals surface area (Å²) in [6, 6.07) is 11.7. The summed E-state index contributed by atoms with van der Waals surface area (Å²) in [7, 11) is 1.50. The van der Waals surface area contributed by atoms with Crippen LogP contribution in [0.25, 0.3) is 0 Å². The van der Waals surface area contributed by atoms with Gasteiger partial charge in [0, 0.05) is 6.07 Å². The largest absolute Gasteiger partial charge is 0.493 e. The van der Waals surface area contributed by atoms with Crippen molar-refractivity contribution in [2.24, 2.45) is 0 Å². The van der Waals surface area contributed by atoms with Crippen molar-refractivity contribution < 1.29 is 19.4 Å². The summed E-state index contributed by atoms with van der Waals surface area (Å²) in [6.07, 6.45) is 0. The molecule has 0 unspecified atom stereocenters. The summed E-state index contributed by atoms with van der Waals surface area (Å²) >= 11 is 3.35. The van der Waals surface area contributed by atoms with Gasteiger partial charge in [-0.1, -0.05) is 12.1 Å². The number of halogens is 1. The Balaban J connectivity index is 2.17. The van der Waals surface area contributed by atoms with E-state index in [-0.39, 0.29) is 12.2 Å². The fourth-order valence-corrected chi connectivity index (χ4v) is 2.38. The van der Waals surface area contributed by atoms with Gasteiger partial charge in [-0.15, -0.1) is 0 Å². The molecule has 2 rings (SSSR count). The van der Waals surface area contributed by atoms with Crippen molar-refractivity contribution in [3.05, 3.63) is 57.6 Å². The Kier molecular flexibility index (Phi) is 5.02. The van der Waals surface area contributed by atoms with Gasteiger partial charge in [-0.3, -0.25) is 0 Å². The number of benzene rings is 2. The number of nitrogens with zero attached hydrogens (tertiary/aromatic N) is 1. The SMILES string of the molecule is COc1cc(C#N)cc(Br)c1OCc1ccc(C(=O)O)cc1. The maximum absolute atomic E-state index is 10.8. The molecule has 0 spiro atoms. The van der Waals surface area contributed by atoms with Crippen LogP contribution in [0.4, 0.5) is 0 Å². The third-order valence-electron chi connectivity index (χ3n) is 2.94. The monoisotopic (exact) mass is 361 g/mol. The number of rotatable bonds is 5. The number of hydrogen-bond donors (Lipinski definition) is 1. The van der Waals surface area contributed by atoms with Gasteiger partial charge in [0.05, 0.1) is 28.8 Å². The van der Waals surface area contributed by atoms with Crippen LogP contribution in [0.3, 0.4) is 0 Å². The molecular formula is C16H12BrNO4. The molecule has 1 N–H and O–H groups in total. The lowest BCUT2D eigenvalue weighted by Gasteiger charge is -2.13. The van der Waals surface area contributed by atoms with Gasteiger partial charge in [0.1, 0.15) is 6.61 Å². The Morgan fingerprint density at radius 2 is 2.00 bits per heavy atom. The summed E-state index contributed by atoms with van der Waals surface area (Å²) in [5.41, 5.74) is 1.51. The van der Waals surface area contributed by atoms with Crippen molar-refractivity contribution in [1.82, 2.24) is 0 Å². The van der Waals surface area contributed by atoms with Crippen LogP contribution in [-0.2, 0) is 6.61 Å². The first-order chi connectivity index (χ1) is 10.5. The molecule has 0 radical (unpaired) electrons. The molecule has 0 aliphatic heterocycles. The zero-order valence-electron chi connectivity index (χ0n) is 11.7. The molecule has 0 aliphatic rings. The number of carbonyl (C=O) groups is 1. The molecule has 0 heterocycles. The average Bonchev–Trinajstić information content (AvgIpc) is 2.53. The van der Waals surface area contributed by atoms with E-state index in [9.17, 15) is 4.79 Å². The molecule has 0 fully saturated rings. The quantitative estimate of drug-likeness (QED) is 0.879. The van der Waals surface area contributed by atoms with Crippen LogP contribution in [-0.4, -0.2) is 18.2 Å². The van der Waals surface area contributed by atoms with Gasteiger partial charge in [-0.25, -0.2) is 4.79 Å². The summed E-state index contributed by atoms with van der Waals surface area (Å²) in [4.78, 5) is 10.8. The minimum absolute atomic E-state index is 0.223. The fourth-order valence-electron chi connectivity index (χ4n) is 1.82. The zero-order valence-corrected chi connectivity index (χ0v) is 13.3. The highest BCUT2D eigenvalue weighted by atomic mass is 79.9. The number of carboxylic acid groups (broad SMARTS) is 1. The highest BCUT2D eigenvalue weighted by molar-refractivity contribution is 9.10. The highest BCUT2D eigenvalue weighted by Crippen LogP contribution is 2.37. The third kappa shape index (κ3) is 3.57. The van der Waals surface area contributed by atoms with Gasteiger partial charge >= 0.3 is 5.97 Å². The van der Waals surface area contributed by atoms with E-state index in [0.717, 1.165) is 5.56 Å². The molecule has 0 amide bonds. The van der Waals surface area contributed by atoms with Gasteiger partial charge in [-0.05, 0) is 39.7 Å². The van der Waals surface area contributed by atoms with E-state index in [1.165, 1.54) is 19.2 Å². The smallest absolute Gasteiger partial charge is 0.335 e. The maximum Gasteiger partial charge on any atom is 0.335 e. The second-order valence-electron chi connectivity index (χ2n) is 4.39. The number of aromatic carboxylic acids is 1. The first-order valence-electron chi connectivity index (χ1n) is 6.28. The van der Waals surface area contributed by atoms with Crippen molar-refractivity contribution in [1.29, 1.82) is 5.26 Å². The third-order valence-corrected chi connectivity index (χ3v) is 3.53. The summed E-state index contributed by atoms with van der Waals surface area (Å²) in [5, 5.41) is 17.8. The molecule has 0 aliphatic carbocycles. The minimum atomic E-state index is -0.969. The van der Waals surface area contributed by atoms with Crippen LogP contribution in [0, 0.1) is 11.3 Å². The Morgan fingerprint density at radius 1 is 1.32 bits per heavy atom. The van der Waals surface area contributed by atoms with Crippen LogP contribution < -0.4 is 9.47 Å². The molecule has 112 valence electrons. The Morgan fingerprint density at radius 3 is 2.55 bits per heavy atom.